The molecule has 3 aromatic carbocycles. The number of aliphatic hydroxyl groups excluding tert-OH is 3. The Morgan fingerprint density at radius 3 is 2.28 bits per heavy atom. The van der Waals surface area contributed by atoms with E-state index in [1.54, 1.807) is 62.4 Å². The van der Waals surface area contributed by atoms with Gasteiger partial charge in [0.25, 0.3) is 11.8 Å². The minimum absolute atomic E-state index is 0.0531. The van der Waals surface area contributed by atoms with Crippen LogP contribution in [0.1, 0.15) is 59.8 Å². The number of aromatic hydroxyl groups is 2. The normalized spacial score (nSPS) is 20.1. The van der Waals surface area contributed by atoms with Crippen molar-refractivity contribution in [3.63, 3.8) is 0 Å². The minimum Gasteiger partial charge on any atom is -0.507 e. The molecule has 1 aliphatic heterocycles. The van der Waals surface area contributed by atoms with Gasteiger partial charge in [0.05, 0.1) is 23.8 Å². The summed E-state index contributed by atoms with van der Waals surface area (Å²) in [6.45, 7) is 5.18. The number of phenols is 2. The summed E-state index contributed by atoms with van der Waals surface area (Å²) >= 11 is 0. The van der Waals surface area contributed by atoms with Crippen LogP contribution in [0, 0.1) is 0 Å². The quantitative estimate of drug-likeness (QED) is 0.142. The van der Waals surface area contributed by atoms with Crippen molar-refractivity contribution < 1.29 is 44.6 Å². The highest BCUT2D eigenvalue weighted by Gasteiger charge is 2.35. The molecule has 2 amide bonds. The Hall–Kier alpha value is -5.02. The summed E-state index contributed by atoms with van der Waals surface area (Å²) in [6.07, 6.45) is -3.65. The molecule has 5 rings (SSSR count). The van der Waals surface area contributed by atoms with Gasteiger partial charge in [-0.05, 0) is 75.4 Å². The van der Waals surface area contributed by atoms with E-state index in [4.69, 9.17) is 9.47 Å². The van der Waals surface area contributed by atoms with Gasteiger partial charge in [0.2, 0.25) is 5.82 Å². The molecule has 1 fully saturated rings. The first kappa shape index (κ1) is 32.4. The Morgan fingerprint density at radius 2 is 1.65 bits per heavy atom. The van der Waals surface area contributed by atoms with Gasteiger partial charge in [0.1, 0.15) is 29.1 Å². The summed E-state index contributed by atoms with van der Waals surface area (Å²) in [6, 6.07) is 14.8. The second kappa shape index (κ2) is 13.5. The van der Waals surface area contributed by atoms with Crippen LogP contribution < -0.4 is 15.4 Å². The van der Waals surface area contributed by atoms with E-state index in [0.29, 0.717) is 29.3 Å². The van der Waals surface area contributed by atoms with Crippen LogP contribution in [0.5, 0.6) is 23.0 Å². The third-order valence-electron chi connectivity index (χ3n) is 7.52. The smallest absolute Gasteiger partial charge is 0.289 e. The van der Waals surface area contributed by atoms with Gasteiger partial charge in [-0.1, -0.05) is 0 Å². The van der Waals surface area contributed by atoms with Gasteiger partial charge in [-0.25, -0.2) is 0 Å². The number of nitrogens with one attached hydrogen (secondary N) is 2. The van der Waals surface area contributed by atoms with E-state index >= 15 is 0 Å². The monoisotopic (exact) mass is 633 g/mol. The number of rotatable bonds is 9. The second-order valence-electron chi connectivity index (χ2n) is 10.9. The van der Waals surface area contributed by atoms with Crippen LogP contribution in [-0.4, -0.2) is 83.2 Å². The van der Waals surface area contributed by atoms with E-state index in [1.165, 1.54) is 17.6 Å². The minimum atomic E-state index is -1.08. The van der Waals surface area contributed by atoms with E-state index in [-0.39, 0.29) is 40.7 Å². The number of aliphatic hydroxyl groups is 3. The second-order valence-corrected chi connectivity index (χ2v) is 10.9. The number of carbonyl (C=O) groups is 2. The summed E-state index contributed by atoms with van der Waals surface area (Å²) in [7, 11) is 0. The number of benzene rings is 3. The zero-order valence-electron chi connectivity index (χ0n) is 25.3. The van der Waals surface area contributed by atoms with Crippen LogP contribution in [0.2, 0.25) is 0 Å². The Balaban J connectivity index is 1.36. The third kappa shape index (κ3) is 6.79. The number of hydrogen-bond donors (Lipinski definition) is 7. The molecule has 242 valence electrons. The molecule has 14 nitrogen and oxygen atoms in total. The molecule has 5 unspecified atom stereocenters. The maximum Gasteiger partial charge on any atom is 0.289 e. The van der Waals surface area contributed by atoms with Crippen molar-refractivity contribution >= 4 is 11.8 Å². The number of nitrogens with zero attached hydrogens (tertiary/aromatic N) is 3. The van der Waals surface area contributed by atoms with Gasteiger partial charge in [-0.2, -0.15) is 0 Å². The molecule has 0 saturated carbocycles. The molecular weight excluding hydrogens is 598 g/mol. The average Bonchev–Trinajstić information content (AvgIpc) is 3.45. The maximum absolute atomic E-state index is 12.9. The molecule has 2 heterocycles. The largest absolute Gasteiger partial charge is 0.507 e. The summed E-state index contributed by atoms with van der Waals surface area (Å²) in [5, 5.41) is 64.7. The van der Waals surface area contributed by atoms with Gasteiger partial charge in [0.15, 0.2) is 12.1 Å². The van der Waals surface area contributed by atoms with Crippen molar-refractivity contribution in [3.8, 4) is 40.1 Å². The van der Waals surface area contributed by atoms with Gasteiger partial charge in [0, 0.05) is 35.8 Å². The molecule has 0 radical (unpaired) electrons. The van der Waals surface area contributed by atoms with Crippen molar-refractivity contribution in [2.75, 3.05) is 6.54 Å². The van der Waals surface area contributed by atoms with Crippen LogP contribution in [0.15, 0.2) is 60.7 Å². The molecule has 1 aromatic heterocycles. The predicted molar refractivity (Wildman–Crippen MR) is 164 cm³/mol. The van der Waals surface area contributed by atoms with Gasteiger partial charge in [-0.15, -0.1) is 10.2 Å². The molecule has 5 atom stereocenters. The van der Waals surface area contributed by atoms with Crippen LogP contribution in [0.3, 0.4) is 0 Å². The van der Waals surface area contributed by atoms with Gasteiger partial charge in [-0.3, -0.25) is 14.2 Å². The fourth-order valence-electron chi connectivity index (χ4n) is 5.13. The lowest BCUT2D eigenvalue weighted by atomic mass is 9.99. The van der Waals surface area contributed by atoms with Crippen molar-refractivity contribution in [1.82, 2.24) is 25.4 Å². The predicted octanol–water partition coefficient (Wildman–Crippen LogP) is 2.53. The number of ether oxygens (including phenoxy) is 2. The van der Waals surface area contributed by atoms with Crippen LogP contribution >= 0.6 is 0 Å². The van der Waals surface area contributed by atoms with E-state index < -0.39 is 42.5 Å². The van der Waals surface area contributed by atoms with Crippen molar-refractivity contribution in [2.24, 2.45) is 0 Å². The SMILES string of the molecule is CCNC(=O)c1nnc(-c2cc(C(C)O)c(O)cc2O)n1-c1ccc(Oc2ccc(C(=O)NC3CC(O)OC(C)C3O)cc2)cc1. The lowest BCUT2D eigenvalue weighted by molar-refractivity contribution is -0.201. The summed E-state index contributed by atoms with van der Waals surface area (Å²) in [5.74, 6) is -0.631. The number of phenolic OH excluding ortho intramolecular Hbond substituents is 2. The summed E-state index contributed by atoms with van der Waals surface area (Å²) in [4.78, 5) is 25.6. The first-order valence-electron chi connectivity index (χ1n) is 14.7. The van der Waals surface area contributed by atoms with Gasteiger partial charge < -0.3 is 45.6 Å². The molecule has 7 N–H and O–H groups in total. The lowest BCUT2D eigenvalue weighted by Gasteiger charge is -2.36. The first-order valence-corrected chi connectivity index (χ1v) is 14.7. The van der Waals surface area contributed by atoms with Crippen molar-refractivity contribution in [2.45, 2.75) is 57.8 Å². The third-order valence-corrected chi connectivity index (χ3v) is 7.52. The highest BCUT2D eigenvalue weighted by Crippen LogP contribution is 2.38. The lowest BCUT2D eigenvalue weighted by Crippen LogP contribution is -2.54. The Labute approximate surface area is 263 Å². The number of aromatic nitrogens is 3. The molecule has 0 spiro atoms. The standard InChI is InChI=1S/C32H35N5O9/c1-4-33-32(44)30-36-35-29(23-13-22(16(2)38)25(39)15-26(23)40)37(30)19-7-11-21(12-8-19)46-20-9-5-18(6-10-20)31(43)34-24-14-27(41)45-17(3)28(24)42/h5-13,15-17,24,27-28,38-42H,4,14H2,1-3H3,(H,33,44)(H,34,43). The molecule has 1 aliphatic rings. The molecule has 4 aromatic rings. The number of hydrogen-bond acceptors (Lipinski definition) is 11. The maximum atomic E-state index is 12.9. The van der Waals surface area contributed by atoms with Crippen molar-refractivity contribution in [3.05, 3.63) is 77.6 Å². The van der Waals surface area contributed by atoms with Crippen LogP contribution in [-0.2, 0) is 4.74 Å². The zero-order chi connectivity index (χ0) is 33.1. The molecule has 0 aliphatic carbocycles. The summed E-state index contributed by atoms with van der Waals surface area (Å²) < 4.78 is 12.6. The molecular formula is C32H35N5O9. The average molecular weight is 634 g/mol. The Kier molecular flexibility index (Phi) is 9.53. The first-order chi connectivity index (χ1) is 22.0. The van der Waals surface area contributed by atoms with Gasteiger partial charge >= 0.3 is 0 Å². The van der Waals surface area contributed by atoms with Crippen LogP contribution in [0.25, 0.3) is 17.1 Å². The fourth-order valence-corrected chi connectivity index (χ4v) is 5.13. The molecule has 1 saturated heterocycles. The van der Waals surface area contributed by atoms with E-state index in [2.05, 4.69) is 20.8 Å². The molecule has 0 bridgehead atoms. The number of amides is 2. The topological polar surface area (TPSA) is 209 Å². The summed E-state index contributed by atoms with van der Waals surface area (Å²) in [5.41, 5.74) is 1.08. The highest BCUT2D eigenvalue weighted by atomic mass is 16.6. The van der Waals surface area contributed by atoms with Crippen molar-refractivity contribution in [1.29, 1.82) is 0 Å². The van der Waals surface area contributed by atoms with E-state index in [9.17, 15) is 35.1 Å². The number of carbonyl (C=O) groups excluding carboxylic acids is 2. The Morgan fingerprint density at radius 1 is 1.00 bits per heavy atom. The zero-order valence-corrected chi connectivity index (χ0v) is 25.3. The van der Waals surface area contributed by atoms with Crippen LogP contribution in [0.4, 0.5) is 0 Å². The highest BCUT2D eigenvalue weighted by molar-refractivity contribution is 5.94. The Bertz CT molecular complexity index is 1710. The van der Waals surface area contributed by atoms with E-state index in [0.717, 1.165) is 6.07 Å². The molecule has 14 heteroatoms. The molecule has 46 heavy (non-hydrogen) atoms. The fraction of sp³-hybridized carbons (Fsp3) is 0.312. The van der Waals surface area contributed by atoms with E-state index in [1.807, 2.05) is 0 Å².